The third-order valence-electron chi connectivity index (χ3n) is 4.64. The normalized spacial score (nSPS) is 12.6. The van der Waals surface area contributed by atoms with Gasteiger partial charge in [-0.05, 0) is 42.2 Å². The third kappa shape index (κ3) is 5.66. The molecule has 2 heterocycles. The van der Waals surface area contributed by atoms with Gasteiger partial charge >= 0.3 is 0 Å². The Labute approximate surface area is 181 Å². The van der Waals surface area contributed by atoms with E-state index in [1.807, 2.05) is 36.7 Å². The average molecular weight is 429 g/mol. The van der Waals surface area contributed by atoms with Crippen LogP contribution >= 0.6 is 11.8 Å². The zero-order valence-electron chi connectivity index (χ0n) is 18.0. The van der Waals surface area contributed by atoms with Gasteiger partial charge in [0.25, 0.3) is 0 Å². The molecular weight excluding hydrogens is 400 g/mol. The standard InChI is InChI=1S/C22H28N4O3S/c1-15(29-17-10-8-16(9-11-17)22(2,3)4)20-24-25-21(26(20)5)30-14-19(27)23-13-18-7-6-12-28-18/h6-12,15H,13-14H2,1-5H3,(H,23,27). The smallest absolute Gasteiger partial charge is 0.230 e. The quantitative estimate of drug-likeness (QED) is 0.540. The van der Waals surface area contributed by atoms with Gasteiger partial charge in [-0.25, -0.2) is 0 Å². The predicted molar refractivity (Wildman–Crippen MR) is 116 cm³/mol. The number of thioether (sulfide) groups is 1. The molecule has 0 fully saturated rings. The van der Waals surface area contributed by atoms with E-state index in [1.165, 1.54) is 17.3 Å². The van der Waals surface area contributed by atoms with Crippen LogP contribution in [0.5, 0.6) is 5.75 Å². The summed E-state index contributed by atoms with van der Waals surface area (Å²) >= 11 is 1.33. The molecule has 0 bridgehead atoms. The molecule has 160 valence electrons. The number of carbonyl (C=O) groups excluding carboxylic acids is 1. The van der Waals surface area contributed by atoms with Crippen molar-refractivity contribution in [2.75, 3.05) is 5.75 Å². The van der Waals surface area contributed by atoms with Crippen molar-refractivity contribution in [3.05, 3.63) is 59.8 Å². The monoisotopic (exact) mass is 428 g/mol. The van der Waals surface area contributed by atoms with E-state index < -0.39 is 0 Å². The van der Waals surface area contributed by atoms with Gasteiger partial charge in [-0.1, -0.05) is 44.7 Å². The van der Waals surface area contributed by atoms with Crippen LogP contribution in [0.3, 0.4) is 0 Å². The van der Waals surface area contributed by atoms with Crippen molar-refractivity contribution in [2.45, 2.75) is 50.9 Å². The number of ether oxygens (including phenoxy) is 1. The Balaban J connectivity index is 1.54. The second-order valence-corrected chi connectivity index (χ2v) is 9.02. The number of nitrogens with zero attached hydrogens (tertiary/aromatic N) is 3. The van der Waals surface area contributed by atoms with E-state index in [0.29, 0.717) is 17.5 Å². The summed E-state index contributed by atoms with van der Waals surface area (Å²) < 4.78 is 13.1. The lowest BCUT2D eigenvalue weighted by Gasteiger charge is -2.20. The SMILES string of the molecule is CC(Oc1ccc(C(C)(C)C)cc1)c1nnc(SCC(=O)NCc2ccco2)n1C. The molecule has 7 nitrogen and oxygen atoms in total. The van der Waals surface area contributed by atoms with Crippen molar-refractivity contribution < 1.29 is 13.9 Å². The van der Waals surface area contributed by atoms with Crippen LogP contribution in [0.2, 0.25) is 0 Å². The molecule has 0 aliphatic rings. The number of nitrogens with one attached hydrogen (secondary N) is 1. The fraction of sp³-hybridized carbons (Fsp3) is 0.409. The van der Waals surface area contributed by atoms with Gasteiger partial charge < -0.3 is 19.0 Å². The van der Waals surface area contributed by atoms with Gasteiger partial charge in [0.2, 0.25) is 5.91 Å². The molecule has 1 unspecified atom stereocenters. The molecule has 3 rings (SSSR count). The Morgan fingerprint density at radius 3 is 2.60 bits per heavy atom. The minimum Gasteiger partial charge on any atom is -0.483 e. The van der Waals surface area contributed by atoms with Crippen LogP contribution in [-0.4, -0.2) is 26.4 Å². The van der Waals surface area contributed by atoms with Crippen LogP contribution in [0, 0.1) is 0 Å². The lowest BCUT2D eigenvalue weighted by Crippen LogP contribution is -2.24. The number of hydrogen-bond donors (Lipinski definition) is 1. The van der Waals surface area contributed by atoms with Gasteiger partial charge in [-0.3, -0.25) is 4.79 Å². The van der Waals surface area contributed by atoms with Crippen LogP contribution in [0.15, 0.2) is 52.2 Å². The summed E-state index contributed by atoms with van der Waals surface area (Å²) in [6.45, 7) is 8.85. The van der Waals surface area contributed by atoms with Crippen LogP contribution in [0.25, 0.3) is 0 Å². The first kappa shape index (κ1) is 22.0. The zero-order valence-corrected chi connectivity index (χ0v) is 18.8. The van der Waals surface area contributed by atoms with Crippen LogP contribution in [0.1, 0.15) is 50.9 Å². The Hall–Kier alpha value is -2.74. The highest BCUT2D eigenvalue weighted by molar-refractivity contribution is 7.99. The van der Waals surface area contributed by atoms with Gasteiger partial charge in [-0.15, -0.1) is 10.2 Å². The summed E-state index contributed by atoms with van der Waals surface area (Å²) in [4.78, 5) is 12.0. The molecule has 30 heavy (non-hydrogen) atoms. The van der Waals surface area contributed by atoms with Gasteiger partial charge in [0.05, 0.1) is 18.6 Å². The first-order valence-electron chi connectivity index (χ1n) is 9.82. The highest BCUT2D eigenvalue weighted by Gasteiger charge is 2.19. The maximum Gasteiger partial charge on any atom is 0.230 e. The molecule has 0 radical (unpaired) electrons. The molecule has 8 heteroatoms. The van der Waals surface area contributed by atoms with Gasteiger partial charge in [0, 0.05) is 7.05 Å². The van der Waals surface area contributed by atoms with E-state index in [-0.39, 0.29) is 23.2 Å². The van der Waals surface area contributed by atoms with Crippen molar-refractivity contribution in [3.8, 4) is 5.75 Å². The van der Waals surface area contributed by atoms with Crippen LogP contribution in [0.4, 0.5) is 0 Å². The largest absolute Gasteiger partial charge is 0.483 e. The van der Waals surface area contributed by atoms with E-state index in [2.05, 4.69) is 48.4 Å². The fourth-order valence-corrected chi connectivity index (χ4v) is 3.62. The number of aromatic nitrogens is 3. The van der Waals surface area contributed by atoms with Gasteiger partial charge in [-0.2, -0.15) is 0 Å². The van der Waals surface area contributed by atoms with Gasteiger partial charge in [0.1, 0.15) is 11.5 Å². The molecule has 3 aromatic rings. The summed E-state index contributed by atoms with van der Waals surface area (Å²) in [5.74, 6) is 2.36. The number of furan rings is 1. The number of amides is 1. The number of carbonyl (C=O) groups is 1. The molecule has 0 aliphatic heterocycles. The van der Waals surface area contributed by atoms with Crippen molar-refractivity contribution in [1.82, 2.24) is 20.1 Å². The third-order valence-corrected chi connectivity index (χ3v) is 5.66. The first-order chi connectivity index (χ1) is 14.2. The van der Waals surface area contributed by atoms with Gasteiger partial charge in [0.15, 0.2) is 17.1 Å². The number of benzene rings is 1. The lowest BCUT2D eigenvalue weighted by atomic mass is 9.87. The molecular formula is C22H28N4O3S. The highest BCUT2D eigenvalue weighted by Crippen LogP contribution is 2.27. The van der Waals surface area contributed by atoms with E-state index in [0.717, 1.165) is 11.5 Å². The minimum atomic E-state index is -0.273. The number of hydrogen-bond acceptors (Lipinski definition) is 6. The van der Waals surface area contributed by atoms with E-state index in [9.17, 15) is 4.79 Å². The second kappa shape index (κ2) is 9.38. The molecule has 0 saturated heterocycles. The van der Waals surface area contributed by atoms with Crippen molar-refractivity contribution in [1.29, 1.82) is 0 Å². The Kier molecular flexibility index (Phi) is 6.87. The lowest BCUT2D eigenvalue weighted by molar-refractivity contribution is -0.118. The summed E-state index contributed by atoms with van der Waals surface area (Å²) in [5.41, 5.74) is 1.36. The summed E-state index contributed by atoms with van der Waals surface area (Å²) in [6, 6.07) is 11.7. The maximum absolute atomic E-state index is 12.0. The number of rotatable bonds is 8. The minimum absolute atomic E-state index is 0.0933. The molecule has 1 atom stereocenters. The predicted octanol–water partition coefficient (Wildman–Crippen LogP) is 4.25. The zero-order chi connectivity index (χ0) is 21.7. The second-order valence-electron chi connectivity index (χ2n) is 8.08. The highest BCUT2D eigenvalue weighted by atomic mass is 32.2. The average Bonchev–Trinajstić information content (AvgIpc) is 3.34. The summed E-state index contributed by atoms with van der Waals surface area (Å²) in [6.07, 6.45) is 1.31. The molecule has 1 aromatic carbocycles. The van der Waals surface area contributed by atoms with Crippen molar-refractivity contribution in [3.63, 3.8) is 0 Å². The molecule has 2 aromatic heterocycles. The van der Waals surface area contributed by atoms with E-state index in [1.54, 1.807) is 12.3 Å². The summed E-state index contributed by atoms with van der Waals surface area (Å²) in [7, 11) is 1.88. The Bertz CT molecular complexity index is 959. The Morgan fingerprint density at radius 1 is 1.23 bits per heavy atom. The molecule has 1 N–H and O–H groups in total. The van der Waals surface area contributed by atoms with E-state index >= 15 is 0 Å². The van der Waals surface area contributed by atoms with Crippen molar-refractivity contribution in [2.24, 2.45) is 7.05 Å². The van der Waals surface area contributed by atoms with Crippen LogP contribution < -0.4 is 10.1 Å². The van der Waals surface area contributed by atoms with Crippen LogP contribution in [-0.2, 0) is 23.8 Å². The first-order valence-corrected chi connectivity index (χ1v) is 10.8. The Morgan fingerprint density at radius 2 is 1.97 bits per heavy atom. The fourth-order valence-electron chi connectivity index (χ4n) is 2.88. The van der Waals surface area contributed by atoms with E-state index in [4.69, 9.17) is 9.15 Å². The molecule has 0 saturated carbocycles. The molecule has 0 aliphatic carbocycles. The molecule has 0 spiro atoms. The van der Waals surface area contributed by atoms with Crippen molar-refractivity contribution >= 4 is 17.7 Å². The summed E-state index contributed by atoms with van der Waals surface area (Å²) in [5, 5.41) is 11.9. The topological polar surface area (TPSA) is 82.2 Å². The maximum atomic E-state index is 12.0. The molecule has 1 amide bonds.